The van der Waals surface area contributed by atoms with Crippen LogP contribution >= 0.6 is 0 Å². The summed E-state index contributed by atoms with van der Waals surface area (Å²) in [6.07, 6.45) is 0.246. The van der Waals surface area contributed by atoms with Gasteiger partial charge in [0, 0.05) is 37.0 Å². The number of pyridine rings is 1. The zero-order chi connectivity index (χ0) is 16.4. The molecule has 0 aliphatic carbocycles. The second kappa shape index (κ2) is 6.72. The number of hydrogen-bond donors (Lipinski definition) is 0. The Morgan fingerprint density at radius 3 is 2.87 bits per heavy atom. The summed E-state index contributed by atoms with van der Waals surface area (Å²) in [4.78, 5) is 7.04. The van der Waals surface area contributed by atoms with Crippen LogP contribution in [0.2, 0.25) is 0 Å². The van der Waals surface area contributed by atoms with Crippen LogP contribution in [0, 0.1) is 6.92 Å². The maximum Gasteiger partial charge on any atom is 0.145 e. The predicted molar refractivity (Wildman–Crippen MR) is 91.5 cm³/mol. The molecule has 5 heteroatoms. The van der Waals surface area contributed by atoms with E-state index in [-0.39, 0.29) is 12.2 Å². The van der Waals surface area contributed by atoms with Gasteiger partial charge in [-0.1, -0.05) is 12.1 Å². The molecule has 2 unspecified atom stereocenters. The van der Waals surface area contributed by atoms with Crippen molar-refractivity contribution < 1.29 is 14.2 Å². The predicted octanol–water partition coefficient (Wildman–Crippen LogP) is 2.79. The highest BCUT2D eigenvalue weighted by molar-refractivity contribution is 5.95. The third kappa shape index (κ3) is 3.26. The van der Waals surface area contributed by atoms with Crippen LogP contribution < -0.4 is 9.64 Å². The molecule has 1 aliphatic heterocycles. The molecule has 0 bridgehead atoms. The van der Waals surface area contributed by atoms with Gasteiger partial charge >= 0.3 is 0 Å². The van der Waals surface area contributed by atoms with Gasteiger partial charge in [-0.3, -0.25) is 0 Å². The molecule has 2 heterocycles. The molecule has 1 saturated heterocycles. The third-order valence-corrected chi connectivity index (χ3v) is 4.15. The molecule has 2 aromatic rings. The highest BCUT2D eigenvalue weighted by Crippen LogP contribution is 2.33. The molecular weight excluding hydrogens is 292 g/mol. The van der Waals surface area contributed by atoms with Gasteiger partial charge in [-0.15, -0.1) is 0 Å². The SMILES string of the molecule is COCC1CN(c2cc(C)nc3c(OC)cccc23)CC(C)O1. The van der Waals surface area contributed by atoms with Crippen molar-refractivity contribution in [2.24, 2.45) is 0 Å². The molecule has 1 aromatic heterocycles. The third-order valence-electron chi connectivity index (χ3n) is 4.15. The minimum absolute atomic E-state index is 0.0814. The molecule has 5 nitrogen and oxygen atoms in total. The molecule has 1 fully saturated rings. The van der Waals surface area contributed by atoms with Gasteiger partial charge in [0.2, 0.25) is 0 Å². The second-order valence-corrected chi connectivity index (χ2v) is 6.07. The lowest BCUT2D eigenvalue weighted by atomic mass is 10.1. The Labute approximate surface area is 137 Å². The summed E-state index contributed by atoms with van der Waals surface area (Å²) in [5.74, 6) is 0.808. The first kappa shape index (κ1) is 16.0. The van der Waals surface area contributed by atoms with E-state index in [9.17, 15) is 0 Å². The van der Waals surface area contributed by atoms with E-state index in [1.807, 2.05) is 19.1 Å². The number of anilines is 1. The Bertz CT molecular complexity index is 689. The van der Waals surface area contributed by atoms with Crippen molar-refractivity contribution in [1.29, 1.82) is 0 Å². The Hall–Kier alpha value is -1.85. The van der Waals surface area contributed by atoms with Gasteiger partial charge in [0.25, 0.3) is 0 Å². The summed E-state index contributed by atoms with van der Waals surface area (Å²) < 4.78 is 16.7. The Morgan fingerprint density at radius 1 is 1.30 bits per heavy atom. The number of nitrogens with zero attached hydrogens (tertiary/aromatic N) is 2. The summed E-state index contributed by atoms with van der Waals surface area (Å²) in [7, 11) is 3.40. The molecule has 3 rings (SSSR count). The quantitative estimate of drug-likeness (QED) is 0.868. The standard InChI is InChI=1S/C18H24N2O3/c1-12-8-16(15-6-5-7-17(22-4)18(15)19-12)20-9-13(2)23-14(10-20)11-21-3/h5-8,13-14H,9-11H2,1-4H3. The topological polar surface area (TPSA) is 43.8 Å². The minimum Gasteiger partial charge on any atom is -0.494 e. The van der Waals surface area contributed by atoms with Crippen molar-refractivity contribution in [2.45, 2.75) is 26.1 Å². The Balaban J connectivity index is 2.04. The lowest BCUT2D eigenvalue weighted by molar-refractivity contribution is -0.0510. The lowest BCUT2D eigenvalue weighted by Gasteiger charge is -2.38. The zero-order valence-corrected chi connectivity index (χ0v) is 14.2. The smallest absolute Gasteiger partial charge is 0.145 e. The van der Waals surface area contributed by atoms with Crippen LogP contribution in [-0.2, 0) is 9.47 Å². The van der Waals surface area contributed by atoms with Crippen LogP contribution in [0.25, 0.3) is 10.9 Å². The van der Waals surface area contributed by atoms with Gasteiger partial charge in [0.1, 0.15) is 11.3 Å². The fourth-order valence-electron chi connectivity index (χ4n) is 3.27. The number of ether oxygens (including phenoxy) is 3. The van der Waals surface area contributed by atoms with E-state index in [1.165, 1.54) is 5.69 Å². The first-order valence-corrected chi connectivity index (χ1v) is 7.96. The normalized spacial score (nSPS) is 21.7. The van der Waals surface area contributed by atoms with Crippen LogP contribution in [0.4, 0.5) is 5.69 Å². The molecule has 124 valence electrons. The van der Waals surface area contributed by atoms with Gasteiger partial charge in [-0.05, 0) is 26.0 Å². The van der Waals surface area contributed by atoms with Gasteiger partial charge < -0.3 is 19.1 Å². The van der Waals surface area contributed by atoms with Crippen LogP contribution in [0.15, 0.2) is 24.3 Å². The summed E-state index contributed by atoms with van der Waals surface area (Å²) in [5.41, 5.74) is 3.08. The van der Waals surface area contributed by atoms with Crippen molar-refractivity contribution in [3.63, 3.8) is 0 Å². The van der Waals surface area contributed by atoms with Crippen molar-refractivity contribution in [3.05, 3.63) is 30.0 Å². The molecule has 1 aromatic carbocycles. The van der Waals surface area contributed by atoms with Crippen LogP contribution in [0.5, 0.6) is 5.75 Å². The zero-order valence-electron chi connectivity index (χ0n) is 14.2. The molecule has 1 aliphatic rings. The maximum atomic E-state index is 5.96. The van der Waals surface area contributed by atoms with Gasteiger partial charge in [0.05, 0.1) is 25.9 Å². The summed E-state index contributed by atoms with van der Waals surface area (Å²) in [6, 6.07) is 8.21. The van der Waals surface area contributed by atoms with Crippen molar-refractivity contribution in [2.75, 3.05) is 38.8 Å². The Kier molecular flexibility index (Phi) is 4.68. The van der Waals surface area contributed by atoms with Gasteiger partial charge in [-0.25, -0.2) is 4.98 Å². The molecular formula is C18H24N2O3. The summed E-state index contributed by atoms with van der Waals surface area (Å²) in [5, 5.41) is 1.11. The van der Waals surface area contributed by atoms with Gasteiger partial charge in [0.15, 0.2) is 0 Å². The van der Waals surface area contributed by atoms with E-state index < -0.39 is 0 Å². The average molecular weight is 316 g/mol. The monoisotopic (exact) mass is 316 g/mol. The fraction of sp³-hybridized carbons (Fsp3) is 0.500. The van der Waals surface area contributed by atoms with Crippen molar-refractivity contribution in [1.82, 2.24) is 4.98 Å². The molecule has 23 heavy (non-hydrogen) atoms. The molecule has 0 saturated carbocycles. The molecule has 0 spiro atoms. The van der Waals surface area contributed by atoms with Crippen molar-refractivity contribution >= 4 is 16.6 Å². The lowest BCUT2D eigenvalue weighted by Crippen LogP contribution is -2.48. The van der Waals surface area contributed by atoms with E-state index in [4.69, 9.17) is 14.2 Å². The van der Waals surface area contributed by atoms with E-state index >= 15 is 0 Å². The largest absolute Gasteiger partial charge is 0.494 e. The molecule has 0 N–H and O–H groups in total. The Morgan fingerprint density at radius 2 is 2.13 bits per heavy atom. The minimum atomic E-state index is 0.0814. The average Bonchev–Trinajstić information content (AvgIpc) is 2.53. The number of methoxy groups -OCH3 is 2. The first-order chi connectivity index (χ1) is 11.1. The first-order valence-electron chi connectivity index (χ1n) is 7.96. The highest BCUT2D eigenvalue weighted by Gasteiger charge is 2.27. The summed E-state index contributed by atoms with van der Waals surface area (Å²) in [6.45, 7) is 6.40. The molecule has 2 atom stereocenters. The summed E-state index contributed by atoms with van der Waals surface area (Å²) >= 11 is 0. The van der Waals surface area contributed by atoms with E-state index in [2.05, 4.69) is 28.9 Å². The highest BCUT2D eigenvalue weighted by atomic mass is 16.5. The van der Waals surface area contributed by atoms with Crippen molar-refractivity contribution in [3.8, 4) is 5.75 Å². The van der Waals surface area contributed by atoms with Crippen LogP contribution in [-0.4, -0.2) is 51.1 Å². The number of morpholine rings is 1. The number of hydrogen-bond acceptors (Lipinski definition) is 5. The maximum absolute atomic E-state index is 5.96. The number of fused-ring (bicyclic) bond motifs is 1. The number of rotatable bonds is 4. The molecule has 0 radical (unpaired) electrons. The number of aryl methyl sites for hydroxylation is 1. The number of para-hydroxylation sites is 1. The fourth-order valence-corrected chi connectivity index (χ4v) is 3.27. The van der Waals surface area contributed by atoms with Crippen LogP contribution in [0.3, 0.4) is 0 Å². The van der Waals surface area contributed by atoms with Crippen LogP contribution in [0.1, 0.15) is 12.6 Å². The molecule has 0 amide bonds. The number of benzene rings is 1. The van der Waals surface area contributed by atoms with E-state index in [0.717, 1.165) is 35.4 Å². The van der Waals surface area contributed by atoms with E-state index in [0.29, 0.717) is 6.61 Å². The second-order valence-electron chi connectivity index (χ2n) is 6.07. The number of aromatic nitrogens is 1. The van der Waals surface area contributed by atoms with E-state index in [1.54, 1.807) is 14.2 Å². The van der Waals surface area contributed by atoms with Gasteiger partial charge in [-0.2, -0.15) is 0 Å².